The molecule has 0 aliphatic carbocycles. The number of anilines is 2. The molecule has 0 saturated carbocycles. The number of benzene rings is 2. The second-order valence-corrected chi connectivity index (χ2v) is 5.31. The first-order valence-electron chi connectivity index (χ1n) is 7.30. The van der Waals surface area contributed by atoms with Crippen molar-refractivity contribution in [2.75, 3.05) is 23.4 Å². The Morgan fingerprint density at radius 1 is 1.20 bits per heavy atom. The molecule has 25 heavy (non-hydrogen) atoms. The van der Waals surface area contributed by atoms with Crippen molar-refractivity contribution < 1.29 is 28.6 Å². The van der Waals surface area contributed by atoms with E-state index in [0.29, 0.717) is 11.4 Å². The second kappa shape index (κ2) is 6.60. The first-order valence-corrected chi connectivity index (χ1v) is 7.30. The Bertz CT molecular complexity index is 851. The van der Waals surface area contributed by atoms with Gasteiger partial charge in [0.15, 0.2) is 6.61 Å². The van der Waals surface area contributed by atoms with Gasteiger partial charge < -0.3 is 15.2 Å². The lowest BCUT2D eigenvalue weighted by Gasteiger charge is -2.29. The van der Waals surface area contributed by atoms with Crippen molar-refractivity contribution in [2.24, 2.45) is 0 Å². The van der Waals surface area contributed by atoms with E-state index < -0.39 is 23.6 Å². The molecular weight excluding hydrogens is 331 g/mol. The minimum atomic E-state index is -1.12. The highest BCUT2D eigenvalue weighted by Gasteiger charge is 2.28. The van der Waals surface area contributed by atoms with Gasteiger partial charge in [-0.25, -0.2) is 9.18 Å². The number of ether oxygens (including phenoxy) is 1. The fraction of sp³-hybridized carbons (Fsp3) is 0.118. The normalized spacial score (nSPS) is 13.0. The summed E-state index contributed by atoms with van der Waals surface area (Å²) in [6.07, 6.45) is 0. The summed E-state index contributed by atoms with van der Waals surface area (Å²) in [5.41, 5.74) is 0.730. The van der Waals surface area contributed by atoms with E-state index in [-0.39, 0.29) is 24.5 Å². The van der Waals surface area contributed by atoms with Gasteiger partial charge in [-0.15, -0.1) is 0 Å². The molecule has 0 saturated heterocycles. The summed E-state index contributed by atoms with van der Waals surface area (Å²) in [5.74, 6) is -2.23. The lowest BCUT2D eigenvalue weighted by atomic mass is 10.1. The Balaban J connectivity index is 1.78. The standard InChI is InChI=1S/C17H13FN2O5/c18-11-2-4-12(5-3-11)19-15(21)8-20-13-6-1-10(17(23)24)7-14(13)25-9-16(20)22/h1-7H,8-9H2,(H,19,21)(H,23,24). The van der Waals surface area contributed by atoms with Crippen molar-refractivity contribution in [2.45, 2.75) is 0 Å². The van der Waals surface area contributed by atoms with Gasteiger partial charge in [-0.3, -0.25) is 14.5 Å². The zero-order valence-electron chi connectivity index (χ0n) is 12.9. The third kappa shape index (κ3) is 3.57. The largest absolute Gasteiger partial charge is 0.482 e. The quantitative estimate of drug-likeness (QED) is 0.883. The molecular formula is C17H13FN2O5. The first-order chi connectivity index (χ1) is 11.9. The van der Waals surface area contributed by atoms with Gasteiger partial charge in [-0.2, -0.15) is 0 Å². The third-order valence-corrected chi connectivity index (χ3v) is 3.58. The summed E-state index contributed by atoms with van der Waals surface area (Å²) in [4.78, 5) is 36.4. The van der Waals surface area contributed by atoms with E-state index in [4.69, 9.17) is 9.84 Å². The number of hydrogen-bond acceptors (Lipinski definition) is 4. The fourth-order valence-corrected chi connectivity index (χ4v) is 2.39. The second-order valence-electron chi connectivity index (χ2n) is 5.31. The number of carbonyl (C=O) groups is 3. The van der Waals surface area contributed by atoms with Crippen LogP contribution in [0.25, 0.3) is 0 Å². The molecule has 0 atom stereocenters. The van der Waals surface area contributed by atoms with Crippen LogP contribution < -0.4 is 15.0 Å². The minimum absolute atomic E-state index is 0.0174. The van der Waals surface area contributed by atoms with Crippen LogP contribution >= 0.6 is 0 Å². The zero-order chi connectivity index (χ0) is 18.0. The summed E-state index contributed by atoms with van der Waals surface area (Å²) in [5, 5.41) is 11.6. The van der Waals surface area contributed by atoms with Crippen molar-refractivity contribution in [3.8, 4) is 5.75 Å². The summed E-state index contributed by atoms with van der Waals surface area (Å²) >= 11 is 0. The maximum absolute atomic E-state index is 12.9. The van der Waals surface area contributed by atoms with Gasteiger partial charge in [0.05, 0.1) is 11.3 Å². The highest BCUT2D eigenvalue weighted by Crippen LogP contribution is 2.32. The van der Waals surface area contributed by atoms with Gasteiger partial charge in [-0.1, -0.05) is 0 Å². The molecule has 8 heteroatoms. The molecule has 1 heterocycles. The Morgan fingerprint density at radius 2 is 1.92 bits per heavy atom. The lowest BCUT2D eigenvalue weighted by Crippen LogP contribution is -2.43. The molecule has 0 radical (unpaired) electrons. The number of amides is 2. The predicted octanol–water partition coefficient (Wildman–Crippen LogP) is 1.89. The summed E-state index contributed by atoms with van der Waals surface area (Å²) < 4.78 is 18.1. The van der Waals surface area contributed by atoms with Gasteiger partial charge in [0, 0.05) is 5.69 Å². The molecule has 128 valence electrons. The predicted molar refractivity (Wildman–Crippen MR) is 86.3 cm³/mol. The number of halogens is 1. The molecule has 1 aliphatic heterocycles. The highest BCUT2D eigenvalue weighted by atomic mass is 19.1. The van der Waals surface area contributed by atoms with Crippen LogP contribution in [0.2, 0.25) is 0 Å². The molecule has 0 aromatic heterocycles. The van der Waals surface area contributed by atoms with Crippen LogP contribution in [0.1, 0.15) is 10.4 Å². The maximum Gasteiger partial charge on any atom is 0.335 e. The Hall–Kier alpha value is -3.42. The molecule has 2 N–H and O–H groups in total. The van der Waals surface area contributed by atoms with Crippen molar-refractivity contribution in [1.29, 1.82) is 0 Å². The average molecular weight is 344 g/mol. The molecule has 0 unspecified atom stereocenters. The summed E-state index contributed by atoms with van der Waals surface area (Å²) in [6.45, 7) is -0.571. The first kappa shape index (κ1) is 16.4. The van der Waals surface area contributed by atoms with Crippen molar-refractivity contribution in [1.82, 2.24) is 0 Å². The number of fused-ring (bicyclic) bond motifs is 1. The molecule has 7 nitrogen and oxygen atoms in total. The van der Waals surface area contributed by atoms with Crippen LogP contribution in [-0.2, 0) is 9.59 Å². The number of nitrogens with zero attached hydrogens (tertiary/aromatic N) is 1. The number of rotatable bonds is 4. The molecule has 2 aromatic carbocycles. The third-order valence-electron chi connectivity index (χ3n) is 3.58. The summed E-state index contributed by atoms with van der Waals surface area (Å²) in [7, 11) is 0. The molecule has 2 amide bonds. The van der Waals surface area contributed by atoms with E-state index in [1.807, 2.05) is 0 Å². The maximum atomic E-state index is 12.9. The van der Waals surface area contributed by atoms with Crippen molar-refractivity contribution in [3.63, 3.8) is 0 Å². The summed E-state index contributed by atoms with van der Waals surface area (Å²) in [6, 6.07) is 9.27. The Kier molecular flexibility index (Phi) is 4.34. The van der Waals surface area contributed by atoms with E-state index in [0.717, 1.165) is 0 Å². The monoisotopic (exact) mass is 344 g/mol. The van der Waals surface area contributed by atoms with Crippen molar-refractivity contribution >= 4 is 29.2 Å². The number of aromatic carboxylic acids is 1. The van der Waals surface area contributed by atoms with Gasteiger partial charge in [0.1, 0.15) is 18.1 Å². The number of nitrogens with one attached hydrogen (secondary N) is 1. The molecule has 3 rings (SSSR count). The topological polar surface area (TPSA) is 95.9 Å². The van der Waals surface area contributed by atoms with Crippen LogP contribution in [0.15, 0.2) is 42.5 Å². The highest BCUT2D eigenvalue weighted by molar-refractivity contribution is 6.05. The Morgan fingerprint density at radius 3 is 2.60 bits per heavy atom. The van der Waals surface area contributed by atoms with Crippen LogP contribution in [0.5, 0.6) is 5.75 Å². The van der Waals surface area contributed by atoms with Crippen LogP contribution in [-0.4, -0.2) is 36.0 Å². The fourth-order valence-electron chi connectivity index (χ4n) is 2.39. The minimum Gasteiger partial charge on any atom is -0.482 e. The molecule has 2 aromatic rings. The molecule has 0 fully saturated rings. The zero-order valence-corrected chi connectivity index (χ0v) is 12.9. The Labute approximate surface area is 141 Å². The van der Waals surface area contributed by atoms with Gasteiger partial charge >= 0.3 is 5.97 Å². The van der Waals surface area contributed by atoms with Gasteiger partial charge in [0.25, 0.3) is 5.91 Å². The van der Waals surface area contributed by atoms with Crippen molar-refractivity contribution in [3.05, 3.63) is 53.8 Å². The van der Waals surface area contributed by atoms with Crippen LogP contribution in [0.3, 0.4) is 0 Å². The van der Waals surface area contributed by atoms with E-state index >= 15 is 0 Å². The van der Waals surface area contributed by atoms with E-state index in [1.54, 1.807) is 0 Å². The number of hydrogen-bond donors (Lipinski definition) is 2. The average Bonchev–Trinajstić information content (AvgIpc) is 2.59. The smallest absolute Gasteiger partial charge is 0.335 e. The SMILES string of the molecule is O=C(CN1C(=O)COc2cc(C(=O)O)ccc21)Nc1ccc(F)cc1. The van der Waals surface area contributed by atoms with Crippen LogP contribution in [0, 0.1) is 5.82 Å². The van der Waals surface area contributed by atoms with Gasteiger partial charge in [0.2, 0.25) is 5.91 Å². The number of carboxylic acid groups (broad SMARTS) is 1. The molecule has 0 spiro atoms. The van der Waals surface area contributed by atoms with E-state index in [9.17, 15) is 18.8 Å². The van der Waals surface area contributed by atoms with Gasteiger partial charge in [-0.05, 0) is 42.5 Å². The number of carboxylic acids is 1. The lowest BCUT2D eigenvalue weighted by molar-refractivity contribution is -0.123. The van der Waals surface area contributed by atoms with E-state index in [2.05, 4.69) is 5.32 Å². The van der Waals surface area contributed by atoms with Crippen LogP contribution in [0.4, 0.5) is 15.8 Å². The molecule has 0 bridgehead atoms. The van der Waals surface area contributed by atoms with E-state index in [1.165, 1.54) is 47.4 Å². The number of carbonyl (C=O) groups excluding carboxylic acids is 2. The molecule has 1 aliphatic rings.